The molecule has 1 N–H and O–H groups in total. The van der Waals surface area contributed by atoms with Crippen molar-refractivity contribution in [1.29, 1.82) is 0 Å². The number of halogens is 3. The van der Waals surface area contributed by atoms with Crippen molar-refractivity contribution >= 4 is 62.3 Å². The first-order valence-corrected chi connectivity index (χ1v) is 16.5. The number of anilines is 1. The van der Waals surface area contributed by atoms with Gasteiger partial charge in [0.05, 0.1) is 31.9 Å². The van der Waals surface area contributed by atoms with Crippen molar-refractivity contribution in [1.82, 2.24) is 10.2 Å². The van der Waals surface area contributed by atoms with E-state index in [9.17, 15) is 18.0 Å². The summed E-state index contributed by atoms with van der Waals surface area (Å²) in [6.07, 6.45) is 1.60. The van der Waals surface area contributed by atoms with Gasteiger partial charge in [-0.3, -0.25) is 13.9 Å². The molecule has 0 saturated carbocycles. The van der Waals surface area contributed by atoms with Crippen LogP contribution < -0.4 is 23.8 Å². The van der Waals surface area contributed by atoms with Crippen LogP contribution in [-0.4, -0.2) is 65.6 Å². The van der Waals surface area contributed by atoms with E-state index in [0.29, 0.717) is 17.9 Å². The van der Waals surface area contributed by atoms with E-state index in [0.717, 1.165) is 17.1 Å². The minimum atomic E-state index is -4.48. The molecule has 0 unspecified atom stereocenters. The highest BCUT2D eigenvalue weighted by Gasteiger charge is 2.35. The fraction of sp³-hybridized carbons (Fsp3) is 0.355. The van der Waals surface area contributed by atoms with Gasteiger partial charge in [-0.1, -0.05) is 54.2 Å². The third-order valence-electron chi connectivity index (χ3n) is 7.02. The molecule has 0 spiro atoms. The smallest absolute Gasteiger partial charge is 0.265 e. The molecule has 0 fully saturated rings. The second kappa shape index (κ2) is 16.3. The standard InChI is InChI=1S/C31H36Cl3N3O7S/c1-6-7-15-35-31(39)20(2)36(18-23-24(33)9-8-10-25(23)34)30(38)19-37(26-16-21(32)11-13-27(26)42-3)45(40,41)22-12-14-28(43-4)29(17-22)44-5/h8-14,16-17,20H,6-7,15,18-19H2,1-5H3,(H,35,39)/t20-/m0/s1. The van der Waals surface area contributed by atoms with Gasteiger partial charge in [-0.05, 0) is 55.8 Å². The van der Waals surface area contributed by atoms with Crippen molar-refractivity contribution < 1.29 is 32.2 Å². The molecule has 0 radical (unpaired) electrons. The van der Waals surface area contributed by atoms with Crippen LogP contribution in [0.5, 0.6) is 17.2 Å². The molecule has 0 saturated heterocycles. The number of carbonyl (C=O) groups excluding carboxylic acids is 2. The van der Waals surface area contributed by atoms with Crippen LogP contribution in [0.1, 0.15) is 32.3 Å². The van der Waals surface area contributed by atoms with E-state index in [2.05, 4.69) is 5.32 Å². The topological polar surface area (TPSA) is 114 Å². The molecule has 10 nitrogen and oxygen atoms in total. The number of ether oxygens (including phenoxy) is 3. The zero-order chi connectivity index (χ0) is 33.3. The first-order valence-electron chi connectivity index (χ1n) is 14.0. The SMILES string of the molecule is CCCCNC(=O)[C@H](C)N(Cc1c(Cl)cccc1Cl)C(=O)CN(c1cc(Cl)ccc1OC)S(=O)(=O)c1ccc(OC)c(OC)c1. The number of sulfonamides is 1. The summed E-state index contributed by atoms with van der Waals surface area (Å²) >= 11 is 19.2. The van der Waals surface area contributed by atoms with E-state index in [-0.39, 0.29) is 43.7 Å². The van der Waals surface area contributed by atoms with Crippen molar-refractivity contribution in [3.05, 3.63) is 75.2 Å². The quantitative estimate of drug-likeness (QED) is 0.188. The van der Waals surface area contributed by atoms with Crippen LogP contribution in [0.3, 0.4) is 0 Å². The van der Waals surface area contributed by atoms with Crippen molar-refractivity contribution in [3.63, 3.8) is 0 Å². The number of unbranched alkanes of at least 4 members (excludes halogenated alkanes) is 1. The van der Waals surface area contributed by atoms with Crippen LogP contribution in [-0.2, 0) is 26.2 Å². The Morgan fingerprint density at radius 2 is 1.51 bits per heavy atom. The monoisotopic (exact) mass is 699 g/mol. The Bertz CT molecular complexity index is 1600. The third-order valence-corrected chi connectivity index (χ3v) is 9.72. The third kappa shape index (κ3) is 8.66. The lowest BCUT2D eigenvalue weighted by Crippen LogP contribution is -2.51. The number of carbonyl (C=O) groups is 2. The van der Waals surface area contributed by atoms with Gasteiger partial charge in [0.2, 0.25) is 11.8 Å². The molecular weight excluding hydrogens is 665 g/mol. The molecule has 3 aromatic carbocycles. The summed E-state index contributed by atoms with van der Waals surface area (Å²) in [6, 6.07) is 12.3. The Hall–Kier alpha value is -3.38. The van der Waals surface area contributed by atoms with Gasteiger partial charge in [-0.25, -0.2) is 8.42 Å². The van der Waals surface area contributed by atoms with Crippen molar-refractivity contribution in [2.45, 2.75) is 44.2 Å². The van der Waals surface area contributed by atoms with Crippen LogP contribution in [0.15, 0.2) is 59.5 Å². The Balaban J connectivity index is 2.16. The maximum absolute atomic E-state index is 14.3. The number of nitrogens with one attached hydrogen (secondary N) is 1. The zero-order valence-corrected chi connectivity index (χ0v) is 28.7. The number of amides is 2. The van der Waals surface area contributed by atoms with Gasteiger partial charge in [-0.15, -0.1) is 0 Å². The second-order valence-corrected chi connectivity index (χ2v) is 13.0. The van der Waals surface area contributed by atoms with Gasteiger partial charge in [0.15, 0.2) is 11.5 Å². The van der Waals surface area contributed by atoms with Crippen LogP contribution in [0.2, 0.25) is 15.1 Å². The molecule has 244 valence electrons. The number of methoxy groups -OCH3 is 3. The molecule has 14 heteroatoms. The van der Waals surface area contributed by atoms with Crippen molar-refractivity contribution in [3.8, 4) is 17.2 Å². The van der Waals surface area contributed by atoms with Gasteiger partial charge in [0.25, 0.3) is 10.0 Å². The molecule has 3 rings (SSSR count). The highest BCUT2D eigenvalue weighted by molar-refractivity contribution is 7.92. The lowest BCUT2D eigenvalue weighted by atomic mass is 10.1. The molecule has 0 heterocycles. The highest BCUT2D eigenvalue weighted by Crippen LogP contribution is 2.37. The molecule has 1 atom stereocenters. The zero-order valence-electron chi connectivity index (χ0n) is 25.6. The summed E-state index contributed by atoms with van der Waals surface area (Å²) in [6.45, 7) is 3.05. The molecule has 0 aliphatic heterocycles. The Morgan fingerprint density at radius 1 is 0.889 bits per heavy atom. The van der Waals surface area contributed by atoms with E-state index >= 15 is 0 Å². The highest BCUT2D eigenvalue weighted by atomic mass is 35.5. The summed E-state index contributed by atoms with van der Waals surface area (Å²) in [5.74, 6) is -0.521. The minimum Gasteiger partial charge on any atom is -0.495 e. The summed E-state index contributed by atoms with van der Waals surface area (Å²) < 4.78 is 45.6. The van der Waals surface area contributed by atoms with Crippen LogP contribution >= 0.6 is 34.8 Å². The van der Waals surface area contributed by atoms with Gasteiger partial charge >= 0.3 is 0 Å². The fourth-order valence-electron chi connectivity index (χ4n) is 4.45. The Kier molecular flexibility index (Phi) is 13.0. The number of nitrogens with zero attached hydrogens (tertiary/aromatic N) is 2. The first kappa shape index (κ1) is 36.1. The Morgan fingerprint density at radius 3 is 2.11 bits per heavy atom. The maximum atomic E-state index is 14.3. The molecular formula is C31H36Cl3N3O7S. The van der Waals surface area contributed by atoms with E-state index in [1.54, 1.807) is 25.1 Å². The van der Waals surface area contributed by atoms with Crippen molar-refractivity contribution in [2.75, 3.05) is 38.7 Å². The molecule has 0 aliphatic carbocycles. The second-order valence-electron chi connectivity index (χ2n) is 9.89. The van der Waals surface area contributed by atoms with Gasteiger partial charge in [0, 0.05) is 39.8 Å². The first-order chi connectivity index (χ1) is 21.4. The van der Waals surface area contributed by atoms with E-state index in [4.69, 9.17) is 49.0 Å². The van der Waals surface area contributed by atoms with E-state index in [1.165, 1.54) is 62.6 Å². The summed E-state index contributed by atoms with van der Waals surface area (Å²) in [4.78, 5) is 28.5. The summed E-state index contributed by atoms with van der Waals surface area (Å²) in [7, 11) is -0.319. The molecule has 0 aromatic heterocycles. The Labute approximate surface area is 279 Å². The van der Waals surface area contributed by atoms with Crippen LogP contribution in [0, 0.1) is 0 Å². The minimum absolute atomic E-state index is 0.00362. The van der Waals surface area contributed by atoms with E-state index in [1.807, 2.05) is 6.92 Å². The lowest BCUT2D eigenvalue weighted by molar-refractivity contribution is -0.139. The molecule has 3 aromatic rings. The predicted octanol–water partition coefficient (Wildman–Crippen LogP) is 6.20. The summed E-state index contributed by atoms with van der Waals surface area (Å²) in [5.41, 5.74) is 0.404. The number of benzene rings is 3. The lowest BCUT2D eigenvalue weighted by Gasteiger charge is -2.32. The fourth-order valence-corrected chi connectivity index (χ4v) is 6.56. The molecule has 45 heavy (non-hydrogen) atoms. The average Bonchev–Trinajstić information content (AvgIpc) is 3.02. The van der Waals surface area contributed by atoms with Crippen LogP contribution in [0.4, 0.5) is 5.69 Å². The predicted molar refractivity (Wildman–Crippen MR) is 176 cm³/mol. The molecule has 0 bridgehead atoms. The molecule has 0 aliphatic rings. The van der Waals surface area contributed by atoms with E-state index < -0.39 is 34.4 Å². The number of hydrogen-bond donors (Lipinski definition) is 1. The van der Waals surface area contributed by atoms with Crippen LogP contribution in [0.25, 0.3) is 0 Å². The van der Waals surface area contributed by atoms with Gasteiger partial charge < -0.3 is 24.4 Å². The van der Waals surface area contributed by atoms with Gasteiger partial charge in [0.1, 0.15) is 18.3 Å². The number of rotatable bonds is 15. The largest absolute Gasteiger partial charge is 0.495 e. The maximum Gasteiger partial charge on any atom is 0.265 e. The molecule has 2 amide bonds. The van der Waals surface area contributed by atoms with Crippen molar-refractivity contribution in [2.24, 2.45) is 0 Å². The summed E-state index contributed by atoms with van der Waals surface area (Å²) in [5, 5.41) is 3.60. The number of hydrogen-bond acceptors (Lipinski definition) is 7. The van der Waals surface area contributed by atoms with Gasteiger partial charge in [-0.2, -0.15) is 0 Å². The normalized spacial score (nSPS) is 11.8. The average molecular weight is 701 g/mol.